The molecule has 0 saturated carbocycles. The first-order valence-electron chi connectivity index (χ1n) is 6.82. The molecule has 5 heteroatoms. The van der Waals surface area contributed by atoms with Gasteiger partial charge in [0.2, 0.25) is 0 Å². The summed E-state index contributed by atoms with van der Waals surface area (Å²) >= 11 is 12.1. The maximum absolute atomic E-state index is 6.17. The Kier molecular flexibility index (Phi) is 4.04. The molecule has 0 amide bonds. The molecular weight excluding hydrogens is 305 g/mol. The van der Waals surface area contributed by atoms with E-state index in [0.717, 1.165) is 29.1 Å². The molecule has 1 aromatic heterocycles. The highest BCUT2D eigenvalue weighted by Crippen LogP contribution is 2.26. The molecule has 3 aromatic rings. The van der Waals surface area contributed by atoms with Crippen LogP contribution in [0.2, 0.25) is 10.0 Å². The van der Waals surface area contributed by atoms with E-state index in [1.807, 2.05) is 30.3 Å². The third-order valence-corrected chi connectivity index (χ3v) is 3.97. The summed E-state index contributed by atoms with van der Waals surface area (Å²) in [6.07, 6.45) is 0. The van der Waals surface area contributed by atoms with Crippen LogP contribution in [0, 0.1) is 0 Å². The van der Waals surface area contributed by atoms with Crippen molar-refractivity contribution < 1.29 is 0 Å². The monoisotopic (exact) mass is 319 g/mol. The minimum Gasteiger partial charge on any atom is -0.377 e. The van der Waals surface area contributed by atoms with Gasteiger partial charge >= 0.3 is 0 Å². The van der Waals surface area contributed by atoms with Gasteiger partial charge < -0.3 is 9.88 Å². The number of rotatable bonds is 4. The molecule has 3 rings (SSSR count). The molecule has 0 unspecified atom stereocenters. The Hall–Kier alpha value is -1.71. The molecule has 0 aliphatic rings. The molecule has 21 heavy (non-hydrogen) atoms. The molecule has 1 heterocycles. The standard InChI is InChI=1S/C16H15Cl2N3/c1-2-21-15-6-4-3-5-14(15)20-16(21)10-19-13-8-7-11(17)9-12(13)18/h3-9,19H,2,10H2,1H3. The van der Waals surface area contributed by atoms with E-state index in [0.29, 0.717) is 16.6 Å². The van der Waals surface area contributed by atoms with Crippen LogP contribution in [0.25, 0.3) is 11.0 Å². The van der Waals surface area contributed by atoms with Crippen LogP contribution in [0.3, 0.4) is 0 Å². The zero-order chi connectivity index (χ0) is 14.8. The van der Waals surface area contributed by atoms with Gasteiger partial charge in [0, 0.05) is 11.6 Å². The van der Waals surface area contributed by atoms with Gasteiger partial charge in [0.15, 0.2) is 0 Å². The number of benzene rings is 2. The third kappa shape index (κ3) is 2.85. The number of aryl methyl sites for hydroxylation is 1. The van der Waals surface area contributed by atoms with Gasteiger partial charge in [-0.25, -0.2) is 4.98 Å². The smallest absolute Gasteiger partial charge is 0.129 e. The van der Waals surface area contributed by atoms with Crippen LogP contribution in [0.4, 0.5) is 5.69 Å². The number of anilines is 1. The first-order valence-corrected chi connectivity index (χ1v) is 7.57. The first kappa shape index (κ1) is 14.2. The second-order valence-corrected chi connectivity index (χ2v) is 5.58. The molecule has 0 aliphatic carbocycles. The Balaban J connectivity index is 1.88. The molecule has 2 aromatic carbocycles. The Morgan fingerprint density at radius 2 is 1.95 bits per heavy atom. The Morgan fingerprint density at radius 3 is 2.71 bits per heavy atom. The van der Waals surface area contributed by atoms with Crippen molar-refractivity contribution in [2.45, 2.75) is 20.0 Å². The van der Waals surface area contributed by atoms with Gasteiger partial charge in [-0.15, -0.1) is 0 Å². The topological polar surface area (TPSA) is 29.9 Å². The highest BCUT2D eigenvalue weighted by atomic mass is 35.5. The lowest BCUT2D eigenvalue weighted by Crippen LogP contribution is -2.08. The molecule has 0 aliphatic heterocycles. The van der Waals surface area contributed by atoms with E-state index in [-0.39, 0.29) is 0 Å². The molecule has 0 atom stereocenters. The Labute approximate surface area is 133 Å². The Bertz CT molecular complexity index is 780. The normalized spacial score (nSPS) is 11.0. The fourth-order valence-electron chi connectivity index (χ4n) is 2.42. The van der Waals surface area contributed by atoms with Gasteiger partial charge in [-0.3, -0.25) is 0 Å². The quantitative estimate of drug-likeness (QED) is 0.735. The number of halogens is 2. The highest BCUT2D eigenvalue weighted by molar-refractivity contribution is 6.36. The largest absolute Gasteiger partial charge is 0.377 e. The van der Waals surface area contributed by atoms with Crippen molar-refractivity contribution in [3.63, 3.8) is 0 Å². The molecule has 3 nitrogen and oxygen atoms in total. The number of para-hydroxylation sites is 2. The molecule has 1 N–H and O–H groups in total. The number of hydrogen-bond acceptors (Lipinski definition) is 2. The number of aromatic nitrogens is 2. The second-order valence-electron chi connectivity index (χ2n) is 4.74. The number of nitrogens with zero attached hydrogens (tertiary/aromatic N) is 2. The summed E-state index contributed by atoms with van der Waals surface area (Å²) in [6.45, 7) is 3.61. The van der Waals surface area contributed by atoms with Crippen molar-refractivity contribution in [3.8, 4) is 0 Å². The SMILES string of the molecule is CCn1c(CNc2ccc(Cl)cc2Cl)nc2ccccc21. The van der Waals surface area contributed by atoms with Gasteiger partial charge in [0.05, 0.1) is 28.3 Å². The van der Waals surface area contributed by atoms with Crippen LogP contribution in [0.15, 0.2) is 42.5 Å². The van der Waals surface area contributed by atoms with Crippen molar-refractivity contribution in [3.05, 3.63) is 58.3 Å². The van der Waals surface area contributed by atoms with Gasteiger partial charge in [0.25, 0.3) is 0 Å². The predicted molar refractivity (Wildman–Crippen MR) is 89.2 cm³/mol. The van der Waals surface area contributed by atoms with E-state index in [1.165, 1.54) is 0 Å². The van der Waals surface area contributed by atoms with Crippen LogP contribution in [-0.2, 0) is 13.1 Å². The number of imidazole rings is 1. The maximum Gasteiger partial charge on any atom is 0.129 e. The molecule has 0 fully saturated rings. The third-order valence-electron chi connectivity index (χ3n) is 3.42. The van der Waals surface area contributed by atoms with Crippen molar-refractivity contribution in [2.24, 2.45) is 0 Å². The fraction of sp³-hybridized carbons (Fsp3) is 0.188. The fourth-order valence-corrected chi connectivity index (χ4v) is 2.90. The van der Waals surface area contributed by atoms with Gasteiger partial charge in [-0.05, 0) is 37.3 Å². The van der Waals surface area contributed by atoms with E-state index in [1.54, 1.807) is 6.07 Å². The minimum atomic E-state index is 0.613. The van der Waals surface area contributed by atoms with E-state index >= 15 is 0 Å². The van der Waals surface area contributed by atoms with E-state index < -0.39 is 0 Å². The summed E-state index contributed by atoms with van der Waals surface area (Å²) in [6, 6.07) is 13.6. The lowest BCUT2D eigenvalue weighted by atomic mass is 10.3. The Morgan fingerprint density at radius 1 is 1.14 bits per heavy atom. The highest BCUT2D eigenvalue weighted by Gasteiger charge is 2.09. The van der Waals surface area contributed by atoms with Crippen LogP contribution >= 0.6 is 23.2 Å². The molecule has 108 valence electrons. The zero-order valence-electron chi connectivity index (χ0n) is 11.6. The van der Waals surface area contributed by atoms with Crippen molar-refractivity contribution in [1.29, 1.82) is 0 Å². The lowest BCUT2D eigenvalue weighted by Gasteiger charge is -2.10. The summed E-state index contributed by atoms with van der Waals surface area (Å²) in [5, 5.41) is 4.56. The maximum atomic E-state index is 6.17. The zero-order valence-corrected chi connectivity index (χ0v) is 13.1. The van der Waals surface area contributed by atoms with Gasteiger partial charge in [-0.1, -0.05) is 35.3 Å². The van der Waals surface area contributed by atoms with E-state index in [2.05, 4.69) is 27.9 Å². The predicted octanol–water partition coefficient (Wildman–Crippen LogP) is 4.98. The average Bonchev–Trinajstić information content (AvgIpc) is 2.83. The van der Waals surface area contributed by atoms with Gasteiger partial charge in [0.1, 0.15) is 5.82 Å². The van der Waals surface area contributed by atoms with Crippen molar-refractivity contribution in [2.75, 3.05) is 5.32 Å². The summed E-state index contributed by atoms with van der Waals surface area (Å²) in [5.41, 5.74) is 3.02. The molecule has 0 spiro atoms. The van der Waals surface area contributed by atoms with E-state index in [9.17, 15) is 0 Å². The number of nitrogens with one attached hydrogen (secondary N) is 1. The lowest BCUT2D eigenvalue weighted by molar-refractivity contribution is 0.729. The molecule has 0 bridgehead atoms. The first-order chi connectivity index (χ1) is 10.2. The summed E-state index contributed by atoms with van der Waals surface area (Å²) in [5.74, 6) is 0.990. The van der Waals surface area contributed by atoms with Crippen LogP contribution in [0.1, 0.15) is 12.7 Å². The van der Waals surface area contributed by atoms with Crippen molar-refractivity contribution in [1.82, 2.24) is 9.55 Å². The minimum absolute atomic E-state index is 0.613. The molecule has 0 saturated heterocycles. The van der Waals surface area contributed by atoms with Gasteiger partial charge in [-0.2, -0.15) is 0 Å². The number of fused-ring (bicyclic) bond motifs is 1. The average molecular weight is 320 g/mol. The van der Waals surface area contributed by atoms with Crippen LogP contribution in [0.5, 0.6) is 0 Å². The van der Waals surface area contributed by atoms with Crippen molar-refractivity contribution >= 4 is 39.9 Å². The molecule has 0 radical (unpaired) electrons. The van der Waals surface area contributed by atoms with E-state index in [4.69, 9.17) is 23.2 Å². The summed E-state index contributed by atoms with van der Waals surface area (Å²) < 4.78 is 2.20. The summed E-state index contributed by atoms with van der Waals surface area (Å²) in [7, 11) is 0. The summed E-state index contributed by atoms with van der Waals surface area (Å²) in [4.78, 5) is 4.68. The van der Waals surface area contributed by atoms with Crippen LogP contribution < -0.4 is 5.32 Å². The molecular formula is C16H15Cl2N3. The number of hydrogen-bond donors (Lipinski definition) is 1. The second kappa shape index (κ2) is 5.96. The van der Waals surface area contributed by atoms with Crippen LogP contribution in [-0.4, -0.2) is 9.55 Å².